The smallest absolute Gasteiger partial charge is 0.375 e. The van der Waals surface area contributed by atoms with Gasteiger partial charge < -0.3 is 14.5 Å². The number of amides is 1. The number of halogens is 2. The third-order valence-electron chi connectivity index (χ3n) is 3.89. The van der Waals surface area contributed by atoms with E-state index in [0.717, 1.165) is 0 Å². The molecule has 3 aromatic rings. The van der Waals surface area contributed by atoms with E-state index in [4.69, 9.17) is 20.8 Å². The van der Waals surface area contributed by atoms with Crippen molar-refractivity contribution in [2.45, 2.75) is 20.0 Å². The molecule has 1 amide bonds. The molecule has 0 spiro atoms. The summed E-state index contributed by atoms with van der Waals surface area (Å²) in [5.41, 5.74) is 0.831. The average molecular weight is 376 g/mol. The minimum absolute atomic E-state index is 0.0230. The van der Waals surface area contributed by atoms with Crippen LogP contribution in [0.25, 0.3) is 11.0 Å². The molecular formula is C19H15ClFNO4. The quantitative estimate of drug-likeness (QED) is 0.670. The van der Waals surface area contributed by atoms with E-state index >= 15 is 0 Å². The Kier molecular flexibility index (Phi) is 4.95. The molecular weight excluding hydrogens is 361 g/mol. The molecule has 0 aliphatic carbocycles. The topological polar surface area (TPSA) is 68.5 Å². The molecule has 0 aliphatic rings. The van der Waals surface area contributed by atoms with Crippen molar-refractivity contribution in [2.24, 2.45) is 0 Å². The maximum atomic E-state index is 13.8. The van der Waals surface area contributed by atoms with Gasteiger partial charge >= 0.3 is 5.97 Å². The van der Waals surface area contributed by atoms with Crippen molar-refractivity contribution in [3.05, 3.63) is 64.6 Å². The van der Waals surface area contributed by atoms with Crippen LogP contribution in [0.3, 0.4) is 0 Å². The number of para-hydroxylation sites is 2. The Bertz CT molecular complexity index is 998. The Labute approximate surface area is 153 Å². The predicted molar refractivity (Wildman–Crippen MR) is 95.9 cm³/mol. The molecule has 0 saturated heterocycles. The van der Waals surface area contributed by atoms with Crippen LogP contribution in [0.2, 0.25) is 5.02 Å². The molecule has 5 nitrogen and oxygen atoms in total. The second kappa shape index (κ2) is 7.17. The minimum atomic E-state index is -1.10. The first-order chi connectivity index (χ1) is 12.4. The summed E-state index contributed by atoms with van der Waals surface area (Å²) >= 11 is 5.98. The lowest BCUT2D eigenvalue weighted by Crippen LogP contribution is -2.30. The van der Waals surface area contributed by atoms with E-state index in [1.807, 2.05) is 0 Å². The van der Waals surface area contributed by atoms with Crippen LogP contribution in [0.4, 0.5) is 10.1 Å². The lowest BCUT2D eigenvalue weighted by Gasteiger charge is -2.13. The number of carbonyl (C=O) groups is 2. The van der Waals surface area contributed by atoms with Gasteiger partial charge in [0.1, 0.15) is 0 Å². The zero-order chi connectivity index (χ0) is 18.8. The molecule has 0 aliphatic heterocycles. The number of esters is 1. The summed E-state index contributed by atoms with van der Waals surface area (Å²) in [6.45, 7) is 3.04. The molecule has 0 unspecified atom stereocenters. The second-order valence-electron chi connectivity index (χ2n) is 5.69. The third kappa shape index (κ3) is 3.41. The van der Waals surface area contributed by atoms with Crippen LogP contribution >= 0.6 is 11.6 Å². The summed E-state index contributed by atoms with van der Waals surface area (Å²) in [7, 11) is 0. The molecule has 0 bridgehead atoms. The predicted octanol–water partition coefficient (Wildman–Crippen LogP) is 4.72. The van der Waals surface area contributed by atoms with Crippen LogP contribution in [0, 0.1) is 12.7 Å². The number of nitrogens with one attached hydrogen (secondary N) is 1. The molecule has 1 atom stereocenters. The highest BCUT2D eigenvalue weighted by Crippen LogP contribution is 2.28. The first-order valence-electron chi connectivity index (χ1n) is 7.82. The summed E-state index contributed by atoms with van der Waals surface area (Å²) in [4.78, 5) is 24.5. The van der Waals surface area contributed by atoms with E-state index in [2.05, 4.69) is 5.32 Å². The van der Waals surface area contributed by atoms with E-state index in [9.17, 15) is 14.0 Å². The summed E-state index contributed by atoms with van der Waals surface area (Å²) in [6, 6.07) is 11.1. The molecule has 7 heteroatoms. The SMILES string of the molecule is Cc1c(C(=O)O[C@@H](C)C(=O)Nc2ccccc2Cl)oc2c(F)cccc12. The van der Waals surface area contributed by atoms with Gasteiger partial charge in [-0.2, -0.15) is 0 Å². The van der Waals surface area contributed by atoms with Crippen LogP contribution in [-0.4, -0.2) is 18.0 Å². The molecule has 1 heterocycles. The molecule has 2 aromatic carbocycles. The zero-order valence-corrected chi connectivity index (χ0v) is 14.8. The van der Waals surface area contributed by atoms with Crippen molar-refractivity contribution in [3.8, 4) is 0 Å². The lowest BCUT2D eigenvalue weighted by atomic mass is 10.1. The number of rotatable bonds is 4. The van der Waals surface area contributed by atoms with Crippen molar-refractivity contribution in [1.29, 1.82) is 0 Å². The van der Waals surface area contributed by atoms with Crippen molar-refractivity contribution < 1.29 is 23.1 Å². The number of hydrogen-bond acceptors (Lipinski definition) is 4. The maximum absolute atomic E-state index is 13.8. The number of fused-ring (bicyclic) bond motifs is 1. The summed E-state index contributed by atoms with van der Waals surface area (Å²) in [5, 5.41) is 3.42. The third-order valence-corrected chi connectivity index (χ3v) is 4.22. The highest BCUT2D eigenvalue weighted by atomic mass is 35.5. The molecule has 0 radical (unpaired) electrons. The number of anilines is 1. The monoisotopic (exact) mass is 375 g/mol. The highest BCUT2D eigenvalue weighted by molar-refractivity contribution is 6.33. The molecule has 3 rings (SSSR count). The summed E-state index contributed by atoms with van der Waals surface area (Å²) in [6.07, 6.45) is -1.10. The summed E-state index contributed by atoms with van der Waals surface area (Å²) in [5.74, 6) is -2.11. The molecule has 1 N–H and O–H groups in total. The van der Waals surface area contributed by atoms with E-state index < -0.39 is 23.8 Å². The number of carbonyl (C=O) groups excluding carboxylic acids is 2. The van der Waals surface area contributed by atoms with E-state index in [-0.39, 0.29) is 11.3 Å². The van der Waals surface area contributed by atoms with Crippen LogP contribution in [0.15, 0.2) is 46.9 Å². The van der Waals surface area contributed by atoms with Gasteiger partial charge in [0.2, 0.25) is 5.76 Å². The molecule has 1 aromatic heterocycles. The standard InChI is InChI=1S/C19H15ClFNO4/c1-10-12-6-5-8-14(21)17(12)26-16(10)19(24)25-11(2)18(23)22-15-9-4-3-7-13(15)20/h3-9,11H,1-2H3,(H,22,23)/t11-/m0/s1. The van der Waals surface area contributed by atoms with Gasteiger partial charge in [0.05, 0.1) is 10.7 Å². The minimum Gasteiger partial charge on any atom is -0.447 e. The van der Waals surface area contributed by atoms with E-state index in [1.54, 1.807) is 37.3 Å². The highest BCUT2D eigenvalue weighted by Gasteiger charge is 2.25. The van der Waals surface area contributed by atoms with Crippen LogP contribution < -0.4 is 5.32 Å². The van der Waals surface area contributed by atoms with Crippen molar-refractivity contribution in [2.75, 3.05) is 5.32 Å². The molecule has 134 valence electrons. The Hall–Kier alpha value is -2.86. The van der Waals surface area contributed by atoms with Gasteiger partial charge in [-0.1, -0.05) is 35.9 Å². The summed E-state index contributed by atoms with van der Waals surface area (Å²) < 4.78 is 24.2. The fraction of sp³-hybridized carbons (Fsp3) is 0.158. The van der Waals surface area contributed by atoms with Crippen LogP contribution in [-0.2, 0) is 9.53 Å². The number of furan rings is 1. The van der Waals surface area contributed by atoms with Crippen molar-refractivity contribution in [3.63, 3.8) is 0 Å². The zero-order valence-electron chi connectivity index (χ0n) is 14.0. The van der Waals surface area contributed by atoms with Crippen molar-refractivity contribution in [1.82, 2.24) is 0 Å². The van der Waals surface area contributed by atoms with Gasteiger partial charge in [-0.25, -0.2) is 9.18 Å². The number of ether oxygens (including phenoxy) is 1. The molecule has 26 heavy (non-hydrogen) atoms. The largest absolute Gasteiger partial charge is 0.447 e. The van der Waals surface area contributed by atoms with Gasteiger partial charge in [-0.05, 0) is 32.0 Å². The number of hydrogen-bond donors (Lipinski definition) is 1. The first-order valence-corrected chi connectivity index (χ1v) is 8.20. The Morgan fingerprint density at radius 1 is 1.19 bits per heavy atom. The number of benzene rings is 2. The van der Waals surface area contributed by atoms with E-state index in [0.29, 0.717) is 21.7 Å². The van der Waals surface area contributed by atoms with Gasteiger partial charge in [-0.15, -0.1) is 0 Å². The second-order valence-corrected chi connectivity index (χ2v) is 6.10. The normalized spacial score (nSPS) is 12.0. The van der Waals surface area contributed by atoms with Gasteiger partial charge in [0.25, 0.3) is 5.91 Å². The maximum Gasteiger partial charge on any atom is 0.375 e. The van der Waals surface area contributed by atoms with Crippen molar-refractivity contribution >= 4 is 40.1 Å². The van der Waals surface area contributed by atoms with Gasteiger partial charge in [-0.3, -0.25) is 4.79 Å². The lowest BCUT2D eigenvalue weighted by molar-refractivity contribution is -0.123. The van der Waals surface area contributed by atoms with Crippen LogP contribution in [0.5, 0.6) is 0 Å². The fourth-order valence-corrected chi connectivity index (χ4v) is 2.65. The van der Waals surface area contributed by atoms with Gasteiger partial charge in [0.15, 0.2) is 17.5 Å². The Balaban J connectivity index is 1.75. The number of aryl methyl sites for hydroxylation is 1. The van der Waals surface area contributed by atoms with E-state index in [1.165, 1.54) is 19.1 Å². The first kappa shape index (κ1) is 17.9. The van der Waals surface area contributed by atoms with Crippen LogP contribution in [0.1, 0.15) is 23.0 Å². The Morgan fingerprint density at radius 2 is 1.92 bits per heavy atom. The van der Waals surface area contributed by atoms with Gasteiger partial charge in [0, 0.05) is 10.9 Å². The molecule has 0 fully saturated rings. The molecule has 0 saturated carbocycles. The Morgan fingerprint density at radius 3 is 2.62 bits per heavy atom. The fourth-order valence-electron chi connectivity index (χ4n) is 2.47. The average Bonchev–Trinajstić information content (AvgIpc) is 2.95.